The average Bonchev–Trinajstić information content (AvgIpc) is 2.33. The summed E-state index contributed by atoms with van der Waals surface area (Å²) in [6.45, 7) is 6.16. The van der Waals surface area contributed by atoms with Gasteiger partial charge in [0, 0.05) is 10.5 Å². The summed E-state index contributed by atoms with van der Waals surface area (Å²) in [6.07, 6.45) is 0. The number of anilines is 1. The Morgan fingerprint density at radius 1 is 1.16 bits per heavy atom. The van der Waals surface area contributed by atoms with Gasteiger partial charge in [0.25, 0.3) is 0 Å². The second kappa shape index (κ2) is 5.74. The zero-order valence-corrected chi connectivity index (χ0v) is 12.9. The molecule has 1 unspecified atom stereocenters. The minimum atomic E-state index is -0.203. The fourth-order valence-electron chi connectivity index (χ4n) is 2.17. The van der Waals surface area contributed by atoms with Crippen LogP contribution >= 0.6 is 15.9 Å². The SMILES string of the molecule is Cc1cc(C)c(NC(C)c2cccc(F)c2)c(Br)c1. The fraction of sp³-hybridized carbons (Fsp3) is 0.250. The number of hydrogen-bond acceptors (Lipinski definition) is 1. The summed E-state index contributed by atoms with van der Waals surface area (Å²) in [6, 6.07) is 10.9. The summed E-state index contributed by atoms with van der Waals surface area (Å²) < 4.78 is 14.3. The van der Waals surface area contributed by atoms with E-state index in [2.05, 4.69) is 47.2 Å². The topological polar surface area (TPSA) is 12.0 Å². The molecule has 100 valence electrons. The molecule has 2 aromatic carbocycles. The molecule has 0 fully saturated rings. The highest BCUT2D eigenvalue weighted by Gasteiger charge is 2.10. The molecule has 3 heteroatoms. The van der Waals surface area contributed by atoms with E-state index in [0.29, 0.717) is 0 Å². The van der Waals surface area contributed by atoms with Crippen molar-refractivity contribution in [1.82, 2.24) is 0 Å². The minimum absolute atomic E-state index is 0.0495. The lowest BCUT2D eigenvalue weighted by Gasteiger charge is -2.19. The number of benzene rings is 2. The van der Waals surface area contributed by atoms with E-state index in [-0.39, 0.29) is 11.9 Å². The number of aryl methyl sites for hydroxylation is 2. The molecule has 0 aliphatic carbocycles. The Morgan fingerprint density at radius 2 is 1.89 bits per heavy atom. The van der Waals surface area contributed by atoms with Crippen molar-refractivity contribution < 1.29 is 4.39 Å². The minimum Gasteiger partial charge on any atom is -0.377 e. The summed E-state index contributed by atoms with van der Waals surface area (Å²) in [5, 5.41) is 3.44. The standard InChI is InChI=1S/C16H17BrFN/c1-10-7-11(2)16(15(17)8-10)19-12(3)13-5-4-6-14(18)9-13/h4-9,12,19H,1-3H3. The van der Waals surface area contributed by atoms with Crippen LogP contribution in [0.25, 0.3) is 0 Å². The van der Waals surface area contributed by atoms with Gasteiger partial charge in [0.15, 0.2) is 0 Å². The first-order chi connectivity index (χ1) is 8.97. The summed E-state index contributed by atoms with van der Waals surface area (Å²) in [7, 11) is 0. The number of halogens is 2. The lowest BCUT2D eigenvalue weighted by atomic mass is 10.1. The van der Waals surface area contributed by atoms with Crippen molar-refractivity contribution in [3.8, 4) is 0 Å². The van der Waals surface area contributed by atoms with Gasteiger partial charge in [-0.15, -0.1) is 0 Å². The summed E-state index contributed by atoms with van der Waals surface area (Å²) in [4.78, 5) is 0. The van der Waals surface area contributed by atoms with E-state index in [1.165, 1.54) is 17.2 Å². The summed E-state index contributed by atoms with van der Waals surface area (Å²) in [5.41, 5.74) is 4.39. The fourth-order valence-corrected chi connectivity index (χ4v) is 2.96. The molecule has 1 atom stereocenters. The zero-order valence-electron chi connectivity index (χ0n) is 11.3. The van der Waals surface area contributed by atoms with Crippen LogP contribution in [-0.4, -0.2) is 0 Å². The van der Waals surface area contributed by atoms with Crippen LogP contribution in [-0.2, 0) is 0 Å². The molecular weight excluding hydrogens is 305 g/mol. The van der Waals surface area contributed by atoms with Crippen LogP contribution in [0.4, 0.5) is 10.1 Å². The maximum absolute atomic E-state index is 13.2. The van der Waals surface area contributed by atoms with E-state index in [0.717, 1.165) is 15.7 Å². The molecule has 1 nitrogen and oxygen atoms in total. The lowest BCUT2D eigenvalue weighted by Crippen LogP contribution is -2.08. The molecule has 0 spiro atoms. The molecule has 0 aliphatic rings. The molecule has 1 N–H and O–H groups in total. The molecule has 0 radical (unpaired) electrons. The number of hydrogen-bond donors (Lipinski definition) is 1. The summed E-state index contributed by atoms with van der Waals surface area (Å²) >= 11 is 3.58. The maximum Gasteiger partial charge on any atom is 0.123 e. The van der Waals surface area contributed by atoms with Gasteiger partial charge < -0.3 is 5.32 Å². The Balaban J connectivity index is 2.26. The molecule has 0 heterocycles. The van der Waals surface area contributed by atoms with Crippen molar-refractivity contribution in [2.45, 2.75) is 26.8 Å². The van der Waals surface area contributed by atoms with Crippen molar-refractivity contribution in [2.24, 2.45) is 0 Å². The molecule has 0 aromatic heterocycles. The van der Waals surface area contributed by atoms with Crippen LogP contribution in [0, 0.1) is 19.7 Å². The Labute approximate surface area is 122 Å². The van der Waals surface area contributed by atoms with Gasteiger partial charge in [-0.05, 0) is 71.6 Å². The molecule has 0 bridgehead atoms. The predicted molar refractivity (Wildman–Crippen MR) is 82.1 cm³/mol. The van der Waals surface area contributed by atoms with Crippen LogP contribution in [0.3, 0.4) is 0 Å². The molecule has 0 saturated carbocycles. The maximum atomic E-state index is 13.2. The van der Waals surface area contributed by atoms with Gasteiger partial charge in [-0.2, -0.15) is 0 Å². The first-order valence-corrected chi connectivity index (χ1v) is 7.05. The van der Waals surface area contributed by atoms with E-state index in [4.69, 9.17) is 0 Å². The van der Waals surface area contributed by atoms with Gasteiger partial charge in [0.1, 0.15) is 5.82 Å². The van der Waals surface area contributed by atoms with E-state index in [9.17, 15) is 4.39 Å². The van der Waals surface area contributed by atoms with Crippen LogP contribution < -0.4 is 5.32 Å². The van der Waals surface area contributed by atoms with Gasteiger partial charge in [-0.1, -0.05) is 18.2 Å². The molecule has 2 aromatic rings. The lowest BCUT2D eigenvalue weighted by molar-refractivity contribution is 0.623. The third kappa shape index (κ3) is 3.35. The zero-order chi connectivity index (χ0) is 14.0. The quantitative estimate of drug-likeness (QED) is 0.800. The van der Waals surface area contributed by atoms with Crippen molar-refractivity contribution in [1.29, 1.82) is 0 Å². The molecule has 19 heavy (non-hydrogen) atoms. The Bertz CT molecular complexity index is 572. The summed E-state index contributed by atoms with van der Waals surface area (Å²) in [5.74, 6) is -0.203. The van der Waals surface area contributed by atoms with Crippen LogP contribution in [0.5, 0.6) is 0 Å². The first-order valence-electron chi connectivity index (χ1n) is 6.26. The van der Waals surface area contributed by atoms with Crippen LogP contribution in [0.2, 0.25) is 0 Å². The normalized spacial score (nSPS) is 12.3. The molecular formula is C16H17BrFN. The van der Waals surface area contributed by atoms with Crippen molar-refractivity contribution >= 4 is 21.6 Å². The third-order valence-electron chi connectivity index (χ3n) is 3.14. The van der Waals surface area contributed by atoms with Gasteiger partial charge in [-0.25, -0.2) is 4.39 Å². The number of rotatable bonds is 3. The first kappa shape index (κ1) is 14.1. The van der Waals surface area contributed by atoms with Gasteiger partial charge >= 0.3 is 0 Å². The Morgan fingerprint density at radius 3 is 2.53 bits per heavy atom. The monoisotopic (exact) mass is 321 g/mol. The highest BCUT2D eigenvalue weighted by atomic mass is 79.9. The van der Waals surface area contributed by atoms with Gasteiger partial charge in [-0.3, -0.25) is 0 Å². The highest BCUT2D eigenvalue weighted by molar-refractivity contribution is 9.10. The van der Waals surface area contributed by atoms with Crippen molar-refractivity contribution in [3.05, 3.63) is 63.4 Å². The largest absolute Gasteiger partial charge is 0.377 e. The Hall–Kier alpha value is -1.35. The van der Waals surface area contributed by atoms with E-state index in [1.54, 1.807) is 12.1 Å². The second-order valence-electron chi connectivity index (χ2n) is 4.86. The molecule has 0 saturated heterocycles. The second-order valence-corrected chi connectivity index (χ2v) is 5.71. The van der Waals surface area contributed by atoms with E-state index < -0.39 is 0 Å². The van der Waals surface area contributed by atoms with Crippen LogP contribution in [0.15, 0.2) is 40.9 Å². The van der Waals surface area contributed by atoms with E-state index >= 15 is 0 Å². The van der Waals surface area contributed by atoms with Gasteiger partial charge in [0.05, 0.1) is 5.69 Å². The highest BCUT2D eigenvalue weighted by Crippen LogP contribution is 2.31. The average molecular weight is 322 g/mol. The van der Waals surface area contributed by atoms with Crippen molar-refractivity contribution in [3.63, 3.8) is 0 Å². The number of nitrogens with one attached hydrogen (secondary N) is 1. The van der Waals surface area contributed by atoms with E-state index in [1.807, 2.05) is 13.0 Å². The Kier molecular flexibility index (Phi) is 4.25. The van der Waals surface area contributed by atoms with Gasteiger partial charge in [0.2, 0.25) is 0 Å². The predicted octanol–water partition coefficient (Wildman–Crippen LogP) is 5.38. The molecule has 0 aliphatic heterocycles. The third-order valence-corrected chi connectivity index (χ3v) is 3.77. The molecule has 0 amide bonds. The van der Waals surface area contributed by atoms with Crippen molar-refractivity contribution in [2.75, 3.05) is 5.32 Å². The molecule has 2 rings (SSSR count). The smallest absolute Gasteiger partial charge is 0.123 e. The van der Waals surface area contributed by atoms with Crippen LogP contribution in [0.1, 0.15) is 29.7 Å².